The van der Waals surface area contributed by atoms with Gasteiger partial charge >= 0.3 is 0 Å². The van der Waals surface area contributed by atoms with Crippen molar-refractivity contribution in [3.05, 3.63) is 28.3 Å². The van der Waals surface area contributed by atoms with Crippen LogP contribution in [0.2, 0.25) is 0 Å². The van der Waals surface area contributed by atoms with E-state index in [-0.39, 0.29) is 11.6 Å². The Balaban J connectivity index is 1.85. The Morgan fingerprint density at radius 3 is 2.76 bits per heavy atom. The van der Waals surface area contributed by atoms with Crippen LogP contribution in [-0.4, -0.2) is 20.1 Å². The molecule has 1 aromatic carbocycles. The predicted molar refractivity (Wildman–Crippen MR) is 82.1 cm³/mol. The van der Waals surface area contributed by atoms with Gasteiger partial charge in [-0.15, -0.1) is 23.2 Å². The van der Waals surface area contributed by atoms with Gasteiger partial charge in [0.05, 0.1) is 20.6 Å². The van der Waals surface area contributed by atoms with Gasteiger partial charge in [0.15, 0.2) is 5.13 Å². The Bertz CT molecular complexity index is 776. The van der Waals surface area contributed by atoms with Gasteiger partial charge in [-0.25, -0.2) is 4.98 Å². The molecule has 110 valence electrons. The number of nitro groups is 1. The number of hydrogen-bond donors (Lipinski definition) is 1. The van der Waals surface area contributed by atoms with E-state index in [1.54, 1.807) is 13.0 Å². The zero-order valence-corrected chi connectivity index (χ0v) is 13.1. The zero-order chi connectivity index (χ0) is 15.4. The number of anilines is 1. The van der Waals surface area contributed by atoms with Crippen molar-refractivity contribution in [3.63, 3.8) is 0 Å². The second-order valence-corrected chi connectivity index (χ2v) is 7.61. The topological polar surface area (TPSA) is 85.1 Å². The molecule has 0 spiro atoms. The number of amides is 1. The maximum Gasteiger partial charge on any atom is 0.270 e. The Morgan fingerprint density at radius 2 is 2.19 bits per heavy atom. The molecule has 0 aliphatic heterocycles. The van der Waals surface area contributed by atoms with Crippen LogP contribution in [0.3, 0.4) is 0 Å². The number of non-ortho nitro benzene ring substituents is 1. The lowest BCUT2D eigenvalue weighted by atomic mass is 10.1. The molecule has 0 unspecified atom stereocenters. The highest BCUT2D eigenvalue weighted by Crippen LogP contribution is 2.64. The largest absolute Gasteiger partial charge is 0.301 e. The van der Waals surface area contributed by atoms with Gasteiger partial charge in [-0.05, 0) is 19.4 Å². The number of fused-ring (bicyclic) bond motifs is 1. The van der Waals surface area contributed by atoms with E-state index in [1.165, 1.54) is 23.5 Å². The second-order valence-electron chi connectivity index (χ2n) is 5.10. The Hall–Kier alpha value is -1.44. The van der Waals surface area contributed by atoms with Gasteiger partial charge in [-0.2, -0.15) is 0 Å². The maximum absolute atomic E-state index is 12.1. The van der Waals surface area contributed by atoms with Crippen LogP contribution < -0.4 is 5.32 Å². The summed E-state index contributed by atoms with van der Waals surface area (Å²) in [6, 6.07) is 4.35. The van der Waals surface area contributed by atoms with Crippen molar-refractivity contribution in [1.29, 1.82) is 0 Å². The number of aromatic nitrogens is 1. The number of carbonyl (C=O) groups is 1. The molecule has 21 heavy (non-hydrogen) atoms. The fourth-order valence-corrected chi connectivity index (χ4v) is 3.56. The third-order valence-electron chi connectivity index (χ3n) is 3.56. The van der Waals surface area contributed by atoms with Gasteiger partial charge in [-0.1, -0.05) is 11.3 Å². The standard InChI is InChI=1S/C12H9Cl2N3O3S/c1-11(5-12(11,13)14)9(18)16-10-15-7-3-2-6(17(19)20)4-8(7)21-10/h2-4H,5H2,1H3,(H,15,16,18)/t11-/m1/s1. The van der Waals surface area contributed by atoms with Crippen LogP contribution in [0, 0.1) is 15.5 Å². The molecule has 1 aromatic heterocycles. The summed E-state index contributed by atoms with van der Waals surface area (Å²) in [7, 11) is 0. The van der Waals surface area contributed by atoms with Crippen LogP contribution in [0.15, 0.2) is 18.2 Å². The van der Waals surface area contributed by atoms with Crippen molar-refractivity contribution in [3.8, 4) is 0 Å². The molecule has 2 aromatic rings. The maximum atomic E-state index is 12.1. The molecule has 0 radical (unpaired) electrons. The number of nitrogens with zero attached hydrogens (tertiary/aromatic N) is 2. The fourth-order valence-electron chi connectivity index (χ4n) is 1.96. The average Bonchev–Trinajstić information content (AvgIpc) is 2.76. The number of benzene rings is 1. The Morgan fingerprint density at radius 1 is 1.52 bits per heavy atom. The summed E-state index contributed by atoms with van der Waals surface area (Å²) in [6.45, 7) is 1.68. The summed E-state index contributed by atoms with van der Waals surface area (Å²) >= 11 is 13.1. The molecule has 1 heterocycles. The normalized spacial score (nSPS) is 23.0. The molecule has 1 saturated carbocycles. The quantitative estimate of drug-likeness (QED) is 0.521. The summed E-state index contributed by atoms with van der Waals surface area (Å²) in [5.41, 5.74) is -0.261. The number of halogens is 2. The molecule has 9 heteroatoms. The highest BCUT2D eigenvalue weighted by molar-refractivity contribution is 7.22. The van der Waals surface area contributed by atoms with Crippen LogP contribution in [-0.2, 0) is 4.79 Å². The number of alkyl halides is 2. The van der Waals surface area contributed by atoms with E-state index in [2.05, 4.69) is 10.3 Å². The van der Waals surface area contributed by atoms with E-state index < -0.39 is 14.7 Å². The molecule has 1 amide bonds. The Kier molecular flexibility index (Phi) is 3.12. The highest BCUT2D eigenvalue weighted by Gasteiger charge is 2.68. The molecular formula is C12H9Cl2N3O3S. The molecular weight excluding hydrogens is 337 g/mol. The van der Waals surface area contributed by atoms with E-state index in [0.717, 1.165) is 0 Å². The first-order valence-electron chi connectivity index (χ1n) is 5.97. The van der Waals surface area contributed by atoms with Gasteiger partial charge in [-0.3, -0.25) is 14.9 Å². The lowest BCUT2D eigenvalue weighted by Gasteiger charge is -2.10. The van der Waals surface area contributed by atoms with Crippen molar-refractivity contribution < 1.29 is 9.72 Å². The lowest BCUT2D eigenvalue weighted by Crippen LogP contribution is -2.25. The van der Waals surface area contributed by atoms with Crippen molar-refractivity contribution in [1.82, 2.24) is 4.98 Å². The minimum absolute atomic E-state index is 0.0151. The monoisotopic (exact) mass is 345 g/mol. The number of nitrogens with one attached hydrogen (secondary N) is 1. The second kappa shape index (κ2) is 4.53. The molecule has 0 saturated heterocycles. The van der Waals surface area contributed by atoms with Crippen molar-refractivity contribution in [2.45, 2.75) is 17.7 Å². The van der Waals surface area contributed by atoms with E-state index in [4.69, 9.17) is 23.2 Å². The van der Waals surface area contributed by atoms with Crippen LogP contribution in [0.5, 0.6) is 0 Å². The minimum Gasteiger partial charge on any atom is -0.301 e. The first-order chi connectivity index (χ1) is 9.73. The average molecular weight is 346 g/mol. The van der Waals surface area contributed by atoms with E-state index in [9.17, 15) is 14.9 Å². The van der Waals surface area contributed by atoms with Gasteiger partial charge in [0, 0.05) is 12.1 Å². The Labute approximate surface area is 133 Å². The van der Waals surface area contributed by atoms with Gasteiger partial charge in [0.1, 0.15) is 4.33 Å². The molecule has 3 rings (SSSR count). The number of rotatable bonds is 3. The summed E-state index contributed by atoms with van der Waals surface area (Å²) < 4.78 is -0.421. The van der Waals surface area contributed by atoms with Gasteiger partial charge in [0.2, 0.25) is 5.91 Å². The zero-order valence-electron chi connectivity index (χ0n) is 10.7. The molecule has 0 bridgehead atoms. The molecule has 1 N–H and O–H groups in total. The summed E-state index contributed by atoms with van der Waals surface area (Å²) in [5, 5.41) is 13.8. The van der Waals surface area contributed by atoms with E-state index in [0.29, 0.717) is 21.8 Å². The third kappa shape index (κ3) is 2.35. The first kappa shape index (κ1) is 14.5. The van der Waals surface area contributed by atoms with Crippen molar-refractivity contribution in [2.24, 2.45) is 5.41 Å². The van der Waals surface area contributed by atoms with Crippen LogP contribution >= 0.6 is 34.5 Å². The van der Waals surface area contributed by atoms with Crippen LogP contribution in [0.25, 0.3) is 10.2 Å². The molecule has 1 fully saturated rings. The molecule has 1 atom stereocenters. The first-order valence-corrected chi connectivity index (χ1v) is 7.54. The molecule has 6 nitrogen and oxygen atoms in total. The van der Waals surface area contributed by atoms with Gasteiger partial charge in [0.25, 0.3) is 5.69 Å². The lowest BCUT2D eigenvalue weighted by molar-refractivity contribution is -0.384. The molecule has 1 aliphatic carbocycles. The number of thiazole rings is 1. The van der Waals surface area contributed by atoms with Crippen LogP contribution in [0.4, 0.5) is 10.8 Å². The minimum atomic E-state index is -1.05. The SMILES string of the molecule is C[C@]1(C(=O)Nc2nc3ccc([N+](=O)[O-])cc3s2)CC1(Cl)Cl. The summed E-state index contributed by atoms with van der Waals surface area (Å²) in [6.07, 6.45) is 0.380. The summed E-state index contributed by atoms with van der Waals surface area (Å²) in [4.78, 5) is 26.6. The van der Waals surface area contributed by atoms with E-state index in [1.807, 2.05) is 0 Å². The predicted octanol–water partition coefficient (Wildman–Crippen LogP) is 3.73. The van der Waals surface area contributed by atoms with Gasteiger partial charge < -0.3 is 5.32 Å². The summed E-state index contributed by atoms with van der Waals surface area (Å²) in [5.74, 6) is -0.305. The van der Waals surface area contributed by atoms with Crippen LogP contribution in [0.1, 0.15) is 13.3 Å². The molecule has 1 aliphatic rings. The third-order valence-corrected chi connectivity index (χ3v) is 5.60. The number of carbonyl (C=O) groups excluding carboxylic acids is 1. The fraction of sp³-hybridized carbons (Fsp3) is 0.333. The van der Waals surface area contributed by atoms with Crippen molar-refractivity contribution >= 4 is 61.5 Å². The highest BCUT2D eigenvalue weighted by atomic mass is 35.5. The number of hydrogen-bond acceptors (Lipinski definition) is 5. The van der Waals surface area contributed by atoms with E-state index >= 15 is 0 Å². The van der Waals surface area contributed by atoms with Crippen molar-refractivity contribution in [2.75, 3.05) is 5.32 Å². The smallest absolute Gasteiger partial charge is 0.270 e. The number of nitro benzene ring substituents is 1.